The topological polar surface area (TPSA) is 12.4 Å². The van der Waals surface area contributed by atoms with Crippen molar-refractivity contribution < 1.29 is 0 Å². The molecule has 138 valence electrons. The molecule has 0 radical (unpaired) electrons. The van der Waals surface area contributed by atoms with Crippen LogP contribution in [0.25, 0.3) is 0 Å². The first-order valence-corrected chi connectivity index (χ1v) is 10.7. The summed E-state index contributed by atoms with van der Waals surface area (Å²) in [6.07, 6.45) is 19.6. The van der Waals surface area contributed by atoms with Gasteiger partial charge < -0.3 is 0 Å². The first kappa shape index (κ1) is 22.7. The van der Waals surface area contributed by atoms with E-state index < -0.39 is 0 Å². The van der Waals surface area contributed by atoms with Gasteiger partial charge >= 0.3 is 0 Å². The summed E-state index contributed by atoms with van der Waals surface area (Å²) in [6, 6.07) is 0.451. The van der Waals surface area contributed by atoms with Gasteiger partial charge in [-0.2, -0.15) is 0 Å². The lowest BCUT2D eigenvalue weighted by molar-refractivity contribution is 0.481. The Kier molecular flexibility index (Phi) is 16.3. The summed E-state index contributed by atoms with van der Waals surface area (Å²) in [7, 11) is 0. The summed E-state index contributed by atoms with van der Waals surface area (Å²) < 4.78 is 0. The first-order chi connectivity index (χ1) is 11.1. The maximum Gasteiger partial charge on any atom is 0.0442 e. The lowest BCUT2D eigenvalue weighted by Gasteiger charge is -2.18. The smallest absolute Gasteiger partial charge is 0.0442 e. The molecule has 0 aliphatic carbocycles. The molecule has 1 nitrogen and oxygen atoms in total. The normalized spacial score (nSPS) is 12.6. The molecule has 0 heterocycles. The standard InChI is InChI=1S/C22H45N/c1-6-8-10-12-14-16-18-22(21(5)23-20(3)4)19-17-15-13-11-9-7-2/h20,22H,6-19H2,1-5H3/b23-21+. The van der Waals surface area contributed by atoms with Gasteiger partial charge in [0.15, 0.2) is 0 Å². The largest absolute Gasteiger partial charge is 0.291 e. The zero-order chi connectivity index (χ0) is 17.3. The van der Waals surface area contributed by atoms with Crippen LogP contribution in [0, 0.1) is 5.92 Å². The van der Waals surface area contributed by atoms with Crippen LogP contribution in [0.15, 0.2) is 4.99 Å². The molecule has 0 atom stereocenters. The van der Waals surface area contributed by atoms with Crippen molar-refractivity contribution in [3.63, 3.8) is 0 Å². The average molecular weight is 324 g/mol. The Morgan fingerprint density at radius 2 is 1.04 bits per heavy atom. The van der Waals surface area contributed by atoms with E-state index in [0.29, 0.717) is 6.04 Å². The third-order valence-electron chi connectivity index (χ3n) is 4.86. The monoisotopic (exact) mass is 323 g/mol. The number of rotatable bonds is 16. The van der Waals surface area contributed by atoms with Crippen molar-refractivity contribution >= 4 is 5.71 Å². The molecule has 0 fully saturated rings. The van der Waals surface area contributed by atoms with Crippen LogP contribution in [0.2, 0.25) is 0 Å². The van der Waals surface area contributed by atoms with E-state index in [0.717, 1.165) is 5.92 Å². The second kappa shape index (κ2) is 16.5. The van der Waals surface area contributed by atoms with Gasteiger partial charge in [-0.15, -0.1) is 0 Å². The summed E-state index contributed by atoms with van der Waals surface area (Å²) >= 11 is 0. The van der Waals surface area contributed by atoms with Gasteiger partial charge in [0, 0.05) is 11.8 Å². The van der Waals surface area contributed by atoms with Crippen LogP contribution in [0.3, 0.4) is 0 Å². The molecular formula is C22H45N. The summed E-state index contributed by atoms with van der Waals surface area (Å²) in [5.41, 5.74) is 1.42. The van der Waals surface area contributed by atoms with Gasteiger partial charge in [-0.1, -0.05) is 90.9 Å². The van der Waals surface area contributed by atoms with Crippen LogP contribution >= 0.6 is 0 Å². The first-order valence-electron chi connectivity index (χ1n) is 10.7. The third kappa shape index (κ3) is 15.0. The fourth-order valence-corrected chi connectivity index (χ4v) is 3.42. The van der Waals surface area contributed by atoms with E-state index in [2.05, 4.69) is 34.6 Å². The minimum absolute atomic E-state index is 0.451. The van der Waals surface area contributed by atoms with Crippen LogP contribution in [-0.4, -0.2) is 11.8 Å². The summed E-state index contributed by atoms with van der Waals surface area (Å²) in [4.78, 5) is 4.85. The fraction of sp³-hybridized carbons (Fsp3) is 0.955. The van der Waals surface area contributed by atoms with Crippen molar-refractivity contribution in [2.45, 2.75) is 131 Å². The quantitative estimate of drug-likeness (QED) is 0.202. The molecule has 0 spiro atoms. The van der Waals surface area contributed by atoms with Crippen LogP contribution in [0.5, 0.6) is 0 Å². The van der Waals surface area contributed by atoms with Gasteiger partial charge in [0.05, 0.1) is 0 Å². The molecule has 23 heavy (non-hydrogen) atoms. The molecule has 0 amide bonds. The zero-order valence-corrected chi connectivity index (χ0v) is 17.0. The summed E-state index contributed by atoms with van der Waals surface area (Å²) in [5, 5.41) is 0. The second-order valence-corrected chi connectivity index (χ2v) is 7.67. The Morgan fingerprint density at radius 3 is 1.43 bits per heavy atom. The van der Waals surface area contributed by atoms with Gasteiger partial charge in [0.25, 0.3) is 0 Å². The van der Waals surface area contributed by atoms with Gasteiger partial charge in [-0.25, -0.2) is 0 Å². The highest BCUT2D eigenvalue weighted by atomic mass is 14.8. The zero-order valence-electron chi connectivity index (χ0n) is 17.0. The Labute approximate surface area is 147 Å². The average Bonchev–Trinajstić information content (AvgIpc) is 2.51. The Balaban J connectivity index is 4.04. The molecule has 0 aliphatic rings. The van der Waals surface area contributed by atoms with Crippen molar-refractivity contribution in [2.24, 2.45) is 10.9 Å². The predicted molar refractivity (Wildman–Crippen MR) is 108 cm³/mol. The minimum atomic E-state index is 0.451. The number of hydrogen-bond acceptors (Lipinski definition) is 1. The molecule has 0 aromatic carbocycles. The van der Waals surface area contributed by atoms with Gasteiger partial charge in [0.2, 0.25) is 0 Å². The lowest BCUT2D eigenvalue weighted by Crippen LogP contribution is -2.13. The van der Waals surface area contributed by atoms with Gasteiger partial charge in [0.1, 0.15) is 0 Å². The lowest BCUT2D eigenvalue weighted by atomic mass is 9.90. The maximum absolute atomic E-state index is 4.85. The van der Waals surface area contributed by atoms with Gasteiger partial charge in [-0.05, 0) is 39.5 Å². The van der Waals surface area contributed by atoms with Crippen LogP contribution in [0.1, 0.15) is 125 Å². The molecule has 0 saturated heterocycles. The maximum atomic E-state index is 4.85. The fourth-order valence-electron chi connectivity index (χ4n) is 3.42. The molecule has 0 aliphatic heterocycles. The molecule has 0 bridgehead atoms. The molecular weight excluding hydrogens is 278 g/mol. The number of nitrogens with zero attached hydrogens (tertiary/aromatic N) is 1. The Morgan fingerprint density at radius 1 is 0.652 bits per heavy atom. The van der Waals surface area contributed by atoms with Crippen molar-refractivity contribution in [1.29, 1.82) is 0 Å². The number of unbranched alkanes of at least 4 members (excludes halogenated alkanes) is 10. The molecule has 0 saturated carbocycles. The van der Waals surface area contributed by atoms with Crippen LogP contribution in [0.4, 0.5) is 0 Å². The van der Waals surface area contributed by atoms with Gasteiger partial charge in [-0.3, -0.25) is 4.99 Å². The minimum Gasteiger partial charge on any atom is -0.291 e. The SMILES string of the molecule is CCCCCCCCC(CCCCCCCC)/C(C)=N/C(C)C. The molecule has 0 N–H and O–H groups in total. The van der Waals surface area contributed by atoms with E-state index in [-0.39, 0.29) is 0 Å². The Hall–Kier alpha value is -0.330. The highest BCUT2D eigenvalue weighted by Gasteiger charge is 2.12. The van der Waals surface area contributed by atoms with E-state index in [1.165, 1.54) is 95.6 Å². The van der Waals surface area contributed by atoms with Crippen molar-refractivity contribution in [3.8, 4) is 0 Å². The summed E-state index contributed by atoms with van der Waals surface area (Å²) in [5.74, 6) is 0.745. The third-order valence-corrected chi connectivity index (χ3v) is 4.86. The van der Waals surface area contributed by atoms with E-state index in [1.807, 2.05) is 0 Å². The van der Waals surface area contributed by atoms with E-state index in [9.17, 15) is 0 Å². The molecule has 1 heteroatoms. The van der Waals surface area contributed by atoms with Crippen molar-refractivity contribution in [3.05, 3.63) is 0 Å². The molecule has 0 aromatic rings. The highest BCUT2D eigenvalue weighted by molar-refractivity contribution is 5.84. The number of hydrogen-bond donors (Lipinski definition) is 0. The Bertz CT molecular complexity index is 251. The summed E-state index contributed by atoms with van der Waals surface area (Å²) in [6.45, 7) is 11.3. The van der Waals surface area contributed by atoms with E-state index >= 15 is 0 Å². The highest BCUT2D eigenvalue weighted by Crippen LogP contribution is 2.21. The van der Waals surface area contributed by atoms with Crippen molar-refractivity contribution in [2.75, 3.05) is 0 Å². The molecule has 0 unspecified atom stereocenters. The van der Waals surface area contributed by atoms with E-state index in [1.54, 1.807) is 0 Å². The predicted octanol–water partition coefficient (Wildman–Crippen LogP) is 7.97. The van der Waals surface area contributed by atoms with E-state index in [4.69, 9.17) is 4.99 Å². The second-order valence-electron chi connectivity index (χ2n) is 7.67. The van der Waals surface area contributed by atoms with Crippen molar-refractivity contribution in [1.82, 2.24) is 0 Å². The molecule has 0 aromatic heterocycles. The van der Waals surface area contributed by atoms with Crippen LogP contribution in [-0.2, 0) is 0 Å². The number of aliphatic imine (C=N–C) groups is 1. The molecule has 0 rings (SSSR count). The van der Waals surface area contributed by atoms with Crippen LogP contribution < -0.4 is 0 Å².